The fraction of sp³-hybridized carbons (Fsp3) is 1.00. The van der Waals surface area contributed by atoms with Gasteiger partial charge in [0.15, 0.2) is 0 Å². The van der Waals surface area contributed by atoms with Gasteiger partial charge in [0.25, 0.3) is 0 Å². The third-order valence-electron chi connectivity index (χ3n) is 3.21. The lowest BCUT2D eigenvalue weighted by Crippen LogP contribution is -2.54. The summed E-state index contributed by atoms with van der Waals surface area (Å²) < 4.78 is 0. The van der Waals surface area contributed by atoms with Crippen molar-refractivity contribution in [2.24, 2.45) is 11.7 Å². The molecule has 14 heavy (non-hydrogen) atoms. The highest BCUT2D eigenvalue weighted by Gasteiger charge is 2.31. The summed E-state index contributed by atoms with van der Waals surface area (Å²) in [5.74, 6) is 0.850. The van der Waals surface area contributed by atoms with Crippen molar-refractivity contribution in [1.82, 2.24) is 5.32 Å². The van der Waals surface area contributed by atoms with Gasteiger partial charge in [0.1, 0.15) is 0 Å². The van der Waals surface area contributed by atoms with Gasteiger partial charge in [-0.2, -0.15) is 0 Å². The van der Waals surface area contributed by atoms with E-state index in [-0.39, 0.29) is 5.54 Å². The number of hydrogen-bond acceptors (Lipinski definition) is 2. The first-order chi connectivity index (χ1) is 6.62. The third kappa shape index (κ3) is 4.43. The van der Waals surface area contributed by atoms with Crippen LogP contribution >= 0.6 is 0 Å². The lowest BCUT2D eigenvalue weighted by molar-refractivity contribution is 0.239. The summed E-state index contributed by atoms with van der Waals surface area (Å²) in [5, 5.41) is 3.48. The first-order valence-electron chi connectivity index (χ1n) is 6.12. The molecule has 0 aromatic heterocycles. The van der Waals surface area contributed by atoms with Gasteiger partial charge >= 0.3 is 0 Å². The van der Waals surface area contributed by atoms with E-state index >= 15 is 0 Å². The second-order valence-electron chi connectivity index (χ2n) is 5.28. The zero-order valence-corrected chi connectivity index (χ0v) is 9.81. The minimum absolute atomic E-state index is 0.151. The van der Waals surface area contributed by atoms with Crippen LogP contribution in [0, 0.1) is 5.92 Å². The Bertz CT molecular complexity index is 150. The molecule has 0 spiro atoms. The Morgan fingerprint density at radius 1 is 1.29 bits per heavy atom. The topological polar surface area (TPSA) is 38.0 Å². The Kier molecular flexibility index (Phi) is 4.90. The van der Waals surface area contributed by atoms with Crippen LogP contribution in [-0.2, 0) is 0 Å². The number of unbranched alkanes of at least 4 members (excludes halogenated alkanes) is 1. The largest absolute Gasteiger partial charge is 0.324 e. The quantitative estimate of drug-likeness (QED) is 0.616. The van der Waals surface area contributed by atoms with Crippen LogP contribution < -0.4 is 11.1 Å². The molecular weight excluding hydrogens is 172 g/mol. The van der Waals surface area contributed by atoms with E-state index < -0.39 is 0 Å². The van der Waals surface area contributed by atoms with Crippen LogP contribution in [0.2, 0.25) is 0 Å². The minimum Gasteiger partial charge on any atom is -0.324 e. The fourth-order valence-corrected chi connectivity index (χ4v) is 1.95. The van der Waals surface area contributed by atoms with Gasteiger partial charge in [0.2, 0.25) is 0 Å². The van der Waals surface area contributed by atoms with Crippen molar-refractivity contribution in [2.75, 3.05) is 13.1 Å². The number of nitrogens with two attached hydrogens (primary N) is 1. The normalized spacial score (nSPS) is 19.7. The summed E-state index contributed by atoms with van der Waals surface area (Å²) in [5.41, 5.74) is 6.25. The summed E-state index contributed by atoms with van der Waals surface area (Å²) in [6, 6.07) is 0. The highest BCUT2D eigenvalue weighted by molar-refractivity contribution is 4.94. The first-order valence-corrected chi connectivity index (χ1v) is 6.12. The van der Waals surface area contributed by atoms with Crippen molar-refractivity contribution in [3.05, 3.63) is 0 Å². The Morgan fingerprint density at radius 2 is 2.00 bits per heavy atom. The van der Waals surface area contributed by atoms with Crippen molar-refractivity contribution in [3.8, 4) is 0 Å². The van der Waals surface area contributed by atoms with Gasteiger partial charge in [-0.25, -0.2) is 0 Å². The lowest BCUT2D eigenvalue weighted by atomic mass is 9.78. The maximum Gasteiger partial charge on any atom is 0.0280 e. The Morgan fingerprint density at radius 3 is 2.50 bits per heavy atom. The van der Waals surface area contributed by atoms with Gasteiger partial charge < -0.3 is 11.1 Å². The summed E-state index contributed by atoms with van der Waals surface area (Å²) in [4.78, 5) is 0. The van der Waals surface area contributed by atoms with E-state index in [9.17, 15) is 0 Å². The van der Waals surface area contributed by atoms with Crippen LogP contribution in [-0.4, -0.2) is 18.6 Å². The van der Waals surface area contributed by atoms with E-state index in [2.05, 4.69) is 19.2 Å². The van der Waals surface area contributed by atoms with E-state index in [0.29, 0.717) is 0 Å². The van der Waals surface area contributed by atoms with Crippen LogP contribution in [0.15, 0.2) is 0 Å². The molecular formula is C12H26N2. The zero-order valence-electron chi connectivity index (χ0n) is 9.81. The van der Waals surface area contributed by atoms with Gasteiger partial charge in [0, 0.05) is 12.1 Å². The van der Waals surface area contributed by atoms with Gasteiger partial charge in [-0.05, 0) is 38.1 Å². The van der Waals surface area contributed by atoms with Crippen LogP contribution in [0.4, 0.5) is 0 Å². The van der Waals surface area contributed by atoms with Crippen molar-refractivity contribution in [1.29, 1.82) is 0 Å². The van der Waals surface area contributed by atoms with Gasteiger partial charge in [-0.3, -0.25) is 0 Å². The van der Waals surface area contributed by atoms with E-state index in [1.165, 1.54) is 38.5 Å². The van der Waals surface area contributed by atoms with Crippen molar-refractivity contribution < 1.29 is 0 Å². The molecule has 84 valence electrons. The predicted octanol–water partition coefficient (Wildman–Crippen LogP) is 2.28. The van der Waals surface area contributed by atoms with E-state index in [4.69, 9.17) is 5.73 Å². The Balaban J connectivity index is 1.84. The molecule has 0 atom stereocenters. The van der Waals surface area contributed by atoms with Crippen LogP contribution in [0.5, 0.6) is 0 Å². The average Bonchev–Trinajstić information content (AvgIpc) is 2.07. The number of rotatable bonds is 7. The zero-order chi connectivity index (χ0) is 10.4. The third-order valence-corrected chi connectivity index (χ3v) is 3.21. The van der Waals surface area contributed by atoms with Crippen LogP contribution in [0.3, 0.4) is 0 Å². The van der Waals surface area contributed by atoms with Crippen molar-refractivity contribution >= 4 is 0 Å². The maximum atomic E-state index is 6.10. The summed E-state index contributed by atoms with van der Waals surface area (Å²) in [6.45, 7) is 6.74. The van der Waals surface area contributed by atoms with Gasteiger partial charge in [-0.1, -0.05) is 26.7 Å². The molecule has 0 aliphatic heterocycles. The smallest absolute Gasteiger partial charge is 0.0280 e. The van der Waals surface area contributed by atoms with E-state index in [0.717, 1.165) is 19.0 Å². The fourth-order valence-electron chi connectivity index (χ4n) is 1.95. The molecule has 3 N–H and O–H groups in total. The maximum absolute atomic E-state index is 6.10. The Hall–Kier alpha value is -0.0800. The molecule has 0 unspecified atom stereocenters. The molecule has 1 rings (SSSR count). The highest BCUT2D eigenvalue weighted by atomic mass is 14.9. The Labute approximate surface area is 88.6 Å². The molecule has 1 fully saturated rings. The van der Waals surface area contributed by atoms with Gasteiger partial charge in [0.05, 0.1) is 0 Å². The predicted molar refractivity (Wildman–Crippen MR) is 62.3 cm³/mol. The van der Waals surface area contributed by atoms with E-state index in [1.54, 1.807) is 0 Å². The second kappa shape index (κ2) is 5.72. The molecule has 1 aliphatic rings. The molecule has 0 aromatic carbocycles. The molecule has 1 aliphatic carbocycles. The molecule has 2 heteroatoms. The molecule has 0 aromatic rings. The highest BCUT2D eigenvalue weighted by Crippen LogP contribution is 2.27. The summed E-state index contributed by atoms with van der Waals surface area (Å²) >= 11 is 0. The molecule has 0 radical (unpaired) electrons. The van der Waals surface area contributed by atoms with Gasteiger partial charge in [-0.15, -0.1) is 0 Å². The molecule has 1 saturated carbocycles. The van der Waals surface area contributed by atoms with Crippen molar-refractivity contribution in [3.63, 3.8) is 0 Å². The van der Waals surface area contributed by atoms with Crippen LogP contribution in [0.25, 0.3) is 0 Å². The summed E-state index contributed by atoms with van der Waals surface area (Å²) in [6.07, 6.45) is 7.76. The minimum atomic E-state index is 0.151. The second-order valence-corrected chi connectivity index (χ2v) is 5.28. The molecule has 0 amide bonds. The number of hydrogen-bond donors (Lipinski definition) is 2. The lowest BCUT2D eigenvalue weighted by Gasteiger charge is -2.38. The standard InChI is InChI=1S/C12H26N2/c1-11(2)6-3-4-9-14-10-12(13)7-5-8-12/h11,14H,3-10,13H2,1-2H3. The average molecular weight is 198 g/mol. The number of nitrogens with one attached hydrogen (secondary N) is 1. The molecule has 2 nitrogen and oxygen atoms in total. The monoisotopic (exact) mass is 198 g/mol. The first kappa shape index (κ1) is 12.0. The van der Waals surface area contributed by atoms with E-state index in [1.807, 2.05) is 0 Å². The molecule has 0 saturated heterocycles. The molecule has 0 bridgehead atoms. The van der Waals surface area contributed by atoms with Crippen LogP contribution in [0.1, 0.15) is 52.4 Å². The van der Waals surface area contributed by atoms with Crippen molar-refractivity contribution in [2.45, 2.75) is 57.9 Å². The molecule has 0 heterocycles. The SMILES string of the molecule is CC(C)CCCCNCC1(N)CCC1. The summed E-state index contributed by atoms with van der Waals surface area (Å²) in [7, 11) is 0.